The lowest BCUT2D eigenvalue weighted by atomic mass is 9.93. The van der Waals surface area contributed by atoms with E-state index >= 15 is 0 Å². The first-order valence-electron chi connectivity index (χ1n) is 11.1. The van der Waals surface area contributed by atoms with Crippen LogP contribution in [0.1, 0.15) is 80.5 Å². The smallest absolute Gasteiger partial charge is 0.254 e. The summed E-state index contributed by atoms with van der Waals surface area (Å²) in [5.41, 5.74) is 3.46. The average molecular weight is 398 g/mol. The molecule has 4 rings (SSSR count). The summed E-state index contributed by atoms with van der Waals surface area (Å²) in [6.45, 7) is 11.2. The van der Waals surface area contributed by atoms with Gasteiger partial charge in [-0.25, -0.2) is 9.67 Å². The average Bonchev–Trinajstić information content (AvgIpc) is 3.48. The highest BCUT2D eigenvalue weighted by molar-refractivity contribution is 6.06. The third-order valence-electron chi connectivity index (χ3n) is 6.40. The SMILES string of the molecule is CNCCC1CCN(C(=O)c2cc(C3CC3)nc3c2c(C)nn3C(C)(C)C)CC1. The molecule has 6 nitrogen and oxygen atoms in total. The second-order valence-corrected chi connectivity index (χ2v) is 9.86. The lowest BCUT2D eigenvalue weighted by Gasteiger charge is -2.32. The van der Waals surface area contributed by atoms with E-state index in [9.17, 15) is 4.79 Å². The predicted octanol–water partition coefficient (Wildman–Crippen LogP) is 3.83. The molecule has 158 valence electrons. The molecule has 2 aromatic heterocycles. The molecule has 1 saturated carbocycles. The zero-order chi connectivity index (χ0) is 20.8. The van der Waals surface area contributed by atoms with Gasteiger partial charge in [0, 0.05) is 24.7 Å². The summed E-state index contributed by atoms with van der Waals surface area (Å²) in [7, 11) is 2.00. The number of carbonyl (C=O) groups is 1. The summed E-state index contributed by atoms with van der Waals surface area (Å²) in [5.74, 6) is 1.38. The van der Waals surface area contributed by atoms with E-state index < -0.39 is 0 Å². The molecule has 0 atom stereocenters. The van der Waals surface area contributed by atoms with Crippen molar-refractivity contribution in [1.29, 1.82) is 0 Å². The Morgan fingerprint density at radius 1 is 1.21 bits per heavy atom. The van der Waals surface area contributed by atoms with E-state index in [1.165, 1.54) is 19.3 Å². The Morgan fingerprint density at radius 3 is 2.48 bits per heavy atom. The third-order valence-corrected chi connectivity index (χ3v) is 6.40. The minimum Gasteiger partial charge on any atom is -0.339 e. The highest BCUT2D eigenvalue weighted by Gasteiger charge is 2.32. The van der Waals surface area contributed by atoms with E-state index in [1.54, 1.807) is 0 Å². The number of amides is 1. The number of hydrogen-bond acceptors (Lipinski definition) is 4. The molecule has 2 aromatic rings. The van der Waals surface area contributed by atoms with Crippen LogP contribution in [-0.4, -0.2) is 52.3 Å². The number of hydrogen-bond donors (Lipinski definition) is 1. The largest absolute Gasteiger partial charge is 0.339 e. The van der Waals surface area contributed by atoms with Crippen LogP contribution in [0, 0.1) is 12.8 Å². The molecule has 0 bridgehead atoms. The molecule has 1 aliphatic carbocycles. The van der Waals surface area contributed by atoms with Gasteiger partial charge in [0.25, 0.3) is 5.91 Å². The number of piperidine rings is 1. The van der Waals surface area contributed by atoms with Crippen LogP contribution in [0.5, 0.6) is 0 Å². The van der Waals surface area contributed by atoms with Crippen molar-refractivity contribution in [2.24, 2.45) is 5.92 Å². The molecular formula is C23H35N5O. The van der Waals surface area contributed by atoms with Gasteiger partial charge in [-0.05, 0) is 85.4 Å². The van der Waals surface area contributed by atoms with Crippen molar-refractivity contribution in [3.8, 4) is 0 Å². The van der Waals surface area contributed by atoms with Gasteiger partial charge in [0.2, 0.25) is 0 Å². The van der Waals surface area contributed by atoms with Crippen LogP contribution in [0.25, 0.3) is 11.0 Å². The minimum absolute atomic E-state index is 0.155. The molecule has 0 spiro atoms. The molecule has 1 N–H and O–H groups in total. The summed E-state index contributed by atoms with van der Waals surface area (Å²) in [6, 6.07) is 2.07. The Kier molecular flexibility index (Phi) is 5.40. The molecule has 3 heterocycles. The summed E-state index contributed by atoms with van der Waals surface area (Å²) in [6.07, 6.45) is 5.73. The first-order valence-corrected chi connectivity index (χ1v) is 11.1. The normalized spacial score (nSPS) is 18.6. The molecule has 0 radical (unpaired) electrons. The van der Waals surface area contributed by atoms with Crippen LogP contribution in [0.2, 0.25) is 0 Å². The Bertz CT molecular complexity index is 898. The highest BCUT2D eigenvalue weighted by atomic mass is 16.2. The quantitative estimate of drug-likeness (QED) is 0.833. The second kappa shape index (κ2) is 7.71. The number of carbonyl (C=O) groups excluding carboxylic acids is 1. The van der Waals surface area contributed by atoms with Crippen LogP contribution in [0.3, 0.4) is 0 Å². The van der Waals surface area contributed by atoms with Crippen LogP contribution >= 0.6 is 0 Å². The van der Waals surface area contributed by atoms with Gasteiger partial charge in [0.1, 0.15) is 0 Å². The Labute approximate surface area is 174 Å². The van der Waals surface area contributed by atoms with Crippen LogP contribution in [0.15, 0.2) is 6.07 Å². The molecule has 0 aromatic carbocycles. The predicted molar refractivity (Wildman–Crippen MR) is 116 cm³/mol. The number of rotatable bonds is 5. The van der Waals surface area contributed by atoms with Gasteiger partial charge in [0.05, 0.1) is 22.2 Å². The minimum atomic E-state index is -0.173. The first-order chi connectivity index (χ1) is 13.8. The number of likely N-dealkylation sites (tertiary alicyclic amines) is 1. The number of nitrogens with one attached hydrogen (secondary N) is 1. The Morgan fingerprint density at radius 2 is 1.90 bits per heavy atom. The molecule has 0 unspecified atom stereocenters. The van der Waals surface area contributed by atoms with Gasteiger partial charge in [-0.15, -0.1) is 0 Å². The zero-order valence-electron chi connectivity index (χ0n) is 18.6. The van der Waals surface area contributed by atoms with Gasteiger partial charge in [-0.2, -0.15) is 5.10 Å². The number of aryl methyl sites for hydroxylation is 1. The molecule has 2 aliphatic rings. The molecule has 1 aliphatic heterocycles. The third kappa shape index (κ3) is 4.04. The molecule has 2 fully saturated rings. The van der Waals surface area contributed by atoms with Gasteiger partial charge < -0.3 is 10.2 Å². The monoisotopic (exact) mass is 397 g/mol. The molecular weight excluding hydrogens is 362 g/mol. The first kappa shape index (κ1) is 20.3. The number of nitrogens with zero attached hydrogens (tertiary/aromatic N) is 4. The van der Waals surface area contributed by atoms with Crippen molar-refractivity contribution in [2.45, 2.75) is 71.3 Å². The van der Waals surface area contributed by atoms with E-state index in [0.717, 1.165) is 66.4 Å². The maximum Gasteiger partial charge on any atom is 0.254 e. The maximum atomic E-state index is 13.6. The summed E-state index contributed by atoms with van der Waals surface area (Å²) >= 11 is 0. The van der Waals surface area contributed by atoms with Gasteiger partial charge in [0.15, 0.2) is 5.65 Å². The van der Waals surface area contributed by atoms with Gasteiger partial charge in [-0.3, -0.25) is 4.79 Å². The van der Waals surface area contributed by atoms with Gasteiger partial charge >= 0.3 is 0 Å². The summed E-state index contributed by atoms with van der Waals surface area (Å²) < 4.78 is 2.00. The molecule has 1 amide bonds. The summed E-state index contributed by atoms with van der Waals surface area (Å²) in [4.78, 5) is 20.6. The fourth-order valence-electron chi connectivity index (χ4n) is 4.48. The molecule has 6 heteroatoms. The van der Waals surface area contributed by atoms with Crippen LogP contribution in [0.4, 0.5) is 0 Å². The van der Waals surface area contributed by atoms with Crippen molar-refractivity contribution >= 4 is 16.9 Å². The van der Waals surface area contributed by atoms with Crippen molar-refractivity contribution in [3.63, 3.8) is 0 Å². The van der Waals surface area contributed by atoms with E-state index in [2.05, 4.69) is 37.1 Å². The highest BCUT2D eigenvalue weighted by Crippen LogP contribution is 2.41. The van der Waals surface area contributed by atoms with Crippen molar-refractivity contribution in [1.82, 2.24) is 25.0 Å². The van der Waals surface area contributed by atoms with E-state index in [-0.39, 0.29) is 11.4 Å². The topological polar surface area (TPSA) is 63.1 Å². The molecule has 29 heavy (non-hydrogen) atoms. The maximum absolute atomic E-state index is 13.6. The number of pyridine rings is 1. The lowest BCUT2D eigenvalue weighted by molar-refractivity contribution is 0.0689. The zero-order valence-corrected chi connectivity index (χ0v) is 18.6. The van der Waals surface area contributed by atoms with E-state index in [0.29, 0.717) is 5.92 Å². The lowest BCUT2D eigenvalue weighted by Crippen LogP contribution is -2.39. The second-order valence-electron chi connectivity index (χ2n) is 9.86. The number of aromatic nitrogens is 3. The van der Waals surface area contributed by atoms with Crippen molar-refractivity contribution < 1.29 is 4.79 Å². The number of fused-ring (bicyclic) bond motifs is 1. The summed E-state index contributed by atoms with van der Waals surface area (Å²) in [5, 5.41) is 8.97. The van der Waals surface area contributed by atoms with Crippen molar-refractivity contribution in [2.75, 3.05) is 26.7 Å². The Balaban J connectivity index is 1.68. The van der Waals surface area contributed by atoms with Crippen LogP contribution in [-0.2, 0) is 5.54 Å². The molecule has 1 saturated heterocycles. The van der Waals surface area contributed by atoms with Crippen molar-refractivity contribution in [3.05, 3.63) is 23.0 Å². The van der Waals surface area contributed by atoms with Crippen LogP contribution < -0.4 is 5.32 Å². The fraction of sp³-hybridized carbons (Fsp3) is 0.696. The standard InChI is InChI=1S/C23H35N5O/c1-15-20-18(22(29)27-12-9-16(10-13-27)8-11-24-5)14-19(17-6-7-17)25-21(20)28(26-15)23(2,3)4/h14,16-17,24H,6-13H2,1-5H3. The fourth-order valence-corrected chi connectivity index (χ4v) is 4.48. The van der Waals surface area contributed by atoms with E-state index in [1.807, 2.05) is 18.7 Å². The Hall–Kier alpha value is -1.95. The van der Waals surface area contributed by atoms with Gasteiger partial charge in [-0.1, -0.05) is 0 Å². The van der Waals surface area contributed by atoms with E-state index in [4.69, 9.17) is 10.1 Å².